The van der Waals surface area contributed by atoms with Crippen molar-refractivity contribution in [3.05, 3.63) is 0 Å². The number of piperazine rings is 1. The van der Waals surface area contributed by atoms with E-state index in [1.54, 1.807) is 0 Å². The second kappa shape index (κ2) is 6.33. The summed E-state index contributed by atoms with van der Waals surface area (Å²) in [6, 6.07) is 0.705. The summed E-state index contributed by atoms with van der Waals surface area (Å²) in [4.78, 5) is 5.13. The first-order valence-electron chi connectivity index (χ1n) is 7.23. The quantitative estimate of drug-likeness (QED) is 0.690. The Kier molecular flexibility index (Phi) is 5.01. The standard InChI is InChI=1S/C14H28N2O2/c1-14(2,3)18-10-4-5-15-6-8-16(9-7-15)13-11-17-12-13/h13H,4-12H2,1-3H3. The average Bonchev–Trinajstić information content (AvgIpc) is 2.23. The van der Waals surface area contributed by atoms with Crippen LogP contribution in [0.1, 0.15) is 27.2 Å². The molecule has 2 aliphatic heterocycles. The molecule has 0 N–H and O–H groups in total. The normalized spacial score (nSPS) is 24.2. The van der Waals surface area contributed by atoms with Crippen molar-refractivity contribution in [3.8, 4) is 0 Å². The summed E-state index contributed by atoms with van der Waals surface area (Å²) >= 11 is 0. The first-order chi connectivity index (χ1) is 8.54. The summed E-state index contributed by atoms with van der Waals surface area (Å²) in [6.45, 7) is 15.1. The Bertz CT molecular complexity index is 241. The van der Waals surface area contributed by atoms with E-state index in [2.05, 4.69) is 30.6 Å². The van der Waals surface area contributed by atoms with Gasteiger partial charge in [-0.1, -0.05) is 0 Å². The van der Waals surface area contributed by atoms with Crippen LogP contribution in [0.4, 0.5) is 0 Å². The molecule has 0 saturated carbocycles. The summed E-state index contributed by atoms with van der Waals surface area (Å²) in [5, 5.41) is 0. The number of hydrogen-bond donors (Lipinski definition) is 0. The van der Waals surface area contributed by atoms with Crippen molar-refractivity contribution >= 4 is 0 Å². The van der Waals surface area contributed by atoms with Crippen LogP contribution in [0, 0.1) is 0 Å². The maximum atomic E-state index is 5.75. The maximum Gasteiger partial charge on any atom is 0.0645 e. The van der Waals surface area contributed by atoms with Gasteiger partial charge in [-0.25, -0.2) is 0 Å². The Labute approximate surface area is 111 Å². The maximum absolute atomic E-state index is 5.75. The molecular formula is C14H28N2O2. The van der Waals surface area contributed by atoms with Crippen molar-refractivity contribution < 1.29 is 9.47 Å². The van der Waals surface area contributed by atoms with Crippen molar-refractivity contribution in [1.82, 2.24) is 9.80 Å². The molecule has 2 heterocycles. The summed E-state index contributed by atoms with van der Waals surface area (Å²) in [5.74, 6) is 0. The molecule has 0 amide bonds. The zero-order chi connectivity index (χ0) is 13.0. The van der Waals surface area contributed by atoms with Crippen LogP contribution in [0.2, 0.25) is 0 Å². The van der Waals surface area contributed by atoms with Gasteiger partial charge < -0.3 is 14.4 Å². The van der Waals surface area contributed by atoms with E-state index in [0.29, 0.717) is 6.04 Å². The molecule has 0 spiro atoms. The molecule has 106 valence electrons. The molecule has 2 rings (SSSR count). The molecule has 2 saturated heterocycles. The fraction of sp³-hybridized carbons (Fsp3) is 1.00. The molecule has 2 aliphatic rings. The fourth-order valence-electron chi connectivity index (χ4n) is 2.45. The fourth-order valence-corrected chi connectivity index (χ4v) is 2.45. The molecular weight excluding hydrogens is 228 g/mol. The number of ether oxygens (including phenoxy) is 2. The molecule has 0 bridgehead atoms. The Morgan fingerprint density at radius 2 is 1.78 bits per heavy atom. The molecule has 4 nitrogen and oxygen atoms in total. The number of nitrogens with zero attached hydrogens (tertiary/aromatic N) is 2. The summed E-state index contributed by atoms with van der Waals surface area (Å²) in [6.07, 6.45) is 1.14. The van der Waals surface area contributed by atoms with Crippen molar-refractivity contribution in [1.29, 1.82) is 0 Å². The third-order valence-corrected chi connectivity index (χ3v) is 3.70. The molecule has 0 radical (unpaired) electrons. The minimum atomic E-state index is 0.00290. The summed E-state index contributed by atoms with van der Waals surface area (Å²) in [7, 11) is 0. The zero-order valence-corrected chi connectivity index (χ0v) is 12.2. The molecule has 0 aromatic carbocycles. The van der Waals surface area contributed by atoms with E-state index in [9.17, 15) is 0 Å². The Morgan fingerprint density at radius 1 is 1.11 bits per heavy atom. The third kappa shape index (κ3) is 4.50. The minimum absolute atomic E-state index is 0.00290. The smallest absolute Gasteiger partial charge is 0.0645 e. The third-order valence-electron chi connectivity index (χ3n) is 3.70. The van der Waals surface area contributed by atoms with Gasteiger partial charge >= 0.3 is 0 Å². The van der Waals surface area contributed by atoms with Crippen molar-refractivity contribution in [2.75, 3.05) is 52.5 Å². The predicted molar refractivity (Wildman–Crippen MR) is 72.9 cm³/mol. The first kappa shape index (κ1) is 14.3. The van der Waals surface area contributed by atoms with Gasteiger partial charge in [0.15, 0.2) is 0 Å². The van der Waals surface area contributed by atoms with E-state index in [4.69, 9.17) is 9.47 Å². The SMILES string of the molecule is CC(C)(C)OCCCN1CCN(C2COC2)CC1. The van der Waals surface area contributed by atoms with Crippen molar-refractivity contribution in [2.45, 2.75) is 38.8 Å². The molecule has 0 aromatic heterocycles. The molecule has 0 aromatic rings. The van der Waals surface area contributed by atoms with Gasteiger partial charge in [0.2, 0.25) is 0 Å². The van der Waals surface area contributed by atoms with Crippen LogP contribution in [0.5, 0.6) is 0 Å². The van der Waals surface area contributed by atoms with Crippen molar-refractivity contribution in [3.63, 3.8) is 0 Å². The Balaban J connectivity index is 1.53. The minimum Gasteiger partial charge on any atom is -0.378 e. The van der Waals surface area contributed by atoms with Gasteiger partial charge in [-0.2, -0.15) is 0 Å². The van der Waals surface area contributed by atoms with E-state index in [1.165, 1.54) is 32.7 Å². The van der Waals surface area contributed by atoms with E-state index in [-0.39, 0.29) is 5.60 Å². The van der Waals surface area contributed by atoms with Crippen LogP contribution in [-0.2, 0) is 9.47 Å². The van der Waals surface area contributed by atoms with Gasteiger partial charge in [-0.3, -0.25) is 4.90 Å². The van der Waals surface area contributed by atoms with Gasteiger partial charge in [0, 0.05) is 39.3 Å². The van der Waals surface area contributed by atoms with Crippen LogP contribution in [0.25, 0.3) is 0 Å². The van der Waals surface area contributed by atoms with Crippen LogP contribution in [0.15, 0.2) is 0 Å². The molecule has 0 unspecified atom stereocenters. The largest absolute Gasteiger partial charge is 0.378 e. The first-order valence-corrected chi connectivity index (χ1v) is 7.23. The van der Waals surface area contributed by atoms with Gasteiger partial charge in [-0.15, -0.1) is 0 Å². The lowest BCUT2D eigenvalue weighted by Gasteiger charge is -2.42. The van der Waals surface area contributed by atoms with Crippen LogP contribution in [0.3, 0.4) is 0 Å². The second-order valence-corrected chi connectivity index (χ2v) is 6.38. The van der Waals surface area contributed by atoms with Gasteiger partial charge in [0.05, 0.1) is 24.9 Å². The highest BCUT2D eigenvalue weighted by Crippen LogP contribution is 2.13. The molecule has 2 fully saturated rings. The molecule has 4 heteroatoms. The topological polar surface area (TPSA) is 24.9 Å². The summed E-state index contributed by atoms with van der Waals surface area (Å²) in [5.41, 5.74) is 0.00290. The lowest BCUT2D eigenvalue weighted by Crippen LogP contribution is -2.56. The average molecular weight is 256 g/mol. The zero-order valence-electron chi connectivity index (χ0n) is 12.2. The van der Waals surface area contributed by atoms with Crippen LogP contribution in [-0.4, -0.2) is 74.0 Å². The van der Waals surface area contributed by atoms with Gasteiger partial charge in [0.1, 0.15) is 0 Å². The highest BCUT2D eigenvalue weighted by Gasteiger charge is 2.28. The lowest BCUT2D eigenvalue weighted by molar-refractivity contribution is -0.0775. The van der Waals surface area contributed by atoms with Gasteiger partial charge in [0.25, 0.3) is 0 Å². The monoisotopic (exact) mass is 256 g/mol. The highest BCUT2D eigenvalue weighted by molar-refractivity contribution is 4.82. The Hall–Kier alpha value is -0.160. The highest BCUT2D eigenvalue weighted by atomic mass is 16.5. The molecule has 18 heavy (non-hydrogen) atoms. The van der Waals surface area contributed by atoms with E-state index in [0.717, 1.165) is 26.2 Å². The van der Waals surface area contributed by atoms with Crippen LogP contribution >= 0.6 is 0 Å². The van der Waals surface area contributed by atoms with E-state index in [1.807, 2.05) is 0 Å². The Morgan fingerprint density at radius 3 is 2.28 bits per heavy atom. The summed E-state index contributed by atoms with van der Waals surface area (Å²) < 4.78 is 11.0. The number of rotatable bonds is 5. The molecule has 0 atom stereocenters. The van der Waals surface area contributed by atoms with Crippen molar-refractivity contribution in [2.24, 2.45) is 0 Å². The molecule has 0 aliphatic carbocycles. The lowest BCUT2D eigenvalue weighted by atomic mass is 10.2. The number of hydrogen-bond acceptors (Lipinski definition) is 4. The predicted octanol–water partition coefficient (Wildman–Crippen LogP) is 1.21. The van der Waals surface area contributed by atoms with E-state index < -0.39 is 0 Å². The second-order valence-electron chi connectivity index (χ2n) is 6.38. The van der Waals surface area contributed by atoms with Crippen LogP contribution < -0.4 is 0 Å². The van der Waals surface area contributed by atoms with Gasteiger partial charge in [-0.05, 0) is 27.2 Å². The van der Waals surface area contributed by atoms with E-state index >= 15 is 0 Å².